The number of hydrogen-bond acceptors (Lipinski definition) is 8. The maximum absolute atomic E-state index is 11.7. The van der Waals surface area contributed by atoms with Gasteiger partial charge in [0.15, 0.2) is 6.10 Å². The molecule has 0 N–H and O–H groups in total. The molecule has 20 heavy (non-hydrogen) atoms. The van der Waals surface area contributed by atoms with Gasteiger partial charge in [0.25, 0.3) is 20.2 Å². The van der Waals surface area contributed by atoms with Crippen molar-refractivity contribution >= 4 is 26.2 Å². The zero-order valence-electron chi connectivity index (χ0n) is 11.9. The summed E-state index contributed by atoms with van der Waals surface area (Å²) in [4.78, 5) is 11.7. The van der Waals surface area contributed by atoms with E-state index in [1.165, 1.54) is 0 Å². The van der Waals surface area contributed by atoms with Gasteiger partial charge < -0.3 is 4.74 Å². The summed E-state index contributed by atoms with van der Waals surface area (Å²) in [5.41, 5.74) is 0. The first-order chi connectivity index (χ1) is 8.91. The molecule has 0 saturated heterocycles. The normalized spacial score (nSPS) is 14.2. The van der Waals surface area contributed by atoms with Crippen LogP contribution in [-0.4, -0.2) is 54.1 Å². The Labute approximate surface area is 119 Å². The highest BCUT2D eigenvalue weighted by Crippen LogP contribution is 2.10. The zero-order valence-corrected chi connectivity index (χ0v) is 13.5. The Morgan fingerprint density at radius 2 is 1.60 bits per heavy atom. The number of ether oxygens (including phenoxy) is 1. The summed E-state index contributed by atoms with van der Waals surface area (Å²) in [5.74, 6) is -0.815. The Hall–Kier alpha value is -0.710. The lowest BCUT2D eigenvalue weighted by atomic mass is 10.2. The average Bonchev–Trinajstić information content (AvgIpc) is 2.18. The Kier molecular flexibility index (Phi) is 7.63. The molecule has 0 aliphatic carbocycles. The second-order valence-electron chi connectivity index (χ2n) is 4.44. The molecule has 1 unspecified atom stereocenters. The van der Waals surface area contributed by atoms with Crippen molar-refractivity contribution in [3.05, 3.63) is 0 Å². The van der Waals surface area contributed by atoms with Crippen LogP contribution in [0.15, 0.2) is 0 Å². The summed E-state index contributed by atoms with van der Waals surface area (Å²) in [5, 5.41) is 0. The lowest BCUT2D eigenvalue weighted by Gasteiger charge is -2.16. The summed E-state index contributed by atoms with van der Waals surface area (Å²) in [6, 6.07) is 0. The van der Waals surface area contributed by atoms with Crippen molar-refractivity contribution in [2.75, 3.05) is 19.1 Å². The lowest BCUT2D eigenvalue weighted by Crippen LogP contribution is -2.31. The van der Waals surface area contributed by atoms with Gasteiger partial charge >= 0.3 is 5.97 Å². The molecule has 0 aromatic carbocycles. The standard InChI is InChI=1S/C10H20O8S2/c1-8(2)17-10(11)9(18-20(4,14)15)6-5-7-16-19(3,12)13/h8-9H,5-7H2,1-4H3. The van der Waals surface area contributed by atoms with Gasteiger partial charge in [0.05, 0.1) is 25.2 Å². The van der Waals surface area contributed by atoms with Gasteiger partial charge in [-0.05, 0) is 26.7 Å². The van der Waals surface area contributed by atoms with Gasteiger partial charge in [0.2, 0.25) is 0 Å². The molecule has 0 fully saturated rings. The topological polar surface area (TPSA) is 113 Å². The van der Waals surface area contributed by atoms with E-state index in [0.717, 1.165) is 12.5 Å². The van der Waals surface area contributed by atoms with Gasteiger partial charge in [-0.3, -0.25) is 8.37 Å². The van der Waals surface area contributed by atoms with Crippen LogP contribution in [0.4, 0.5) is 0 Å². The third-order valence-electron chi connectivity index (χ3n) is 1.81. The number of hydrogen-bond donors (Lipinski definition) is 0. The fourth-order valence-corrected chi connectivity index (χ4v) is 2.22. The quantitative estimate of drug-likeness (QED) is 0.330. The largest absolute Gasteiger partial charge is 0.461 e. The van der Waals surface area contributed by atoms with E-state index in [-0.39, 0.29) is 19.4 Å². The molecule has 120 valence electrons. The van der Waals surface area contributed by atoms with E-state index in [9.17, 15) is 21.6 Å². The minimum Gasteiger partial charge on any atom is -0.461 e. The molecule has 0 heterocycles. The van der Waals surface area contributed by atoms with Gasteiger partial charge in [-0.1, -0.05) is 0 Å². The monoisotopic (exact) mass is 332 g/mol. The maximum Gasteiger partial charge on any atom is 0.337 e. The smallest absolute Gasteiger partial charge is 0.337 e. The van der Waals surface area contributed by atoms with Crippen molar-refractivity contribution in [2.45, 2.75) is 38.9 Å². The molecule has 1 atom stereocenters. The molecule has 0 spiro atoms. The fourth-order valence-electron chi connectivity index (χ4n) is 1.20. The van der Waals surface area contributed by atoms with Gasteiger partial charge in [-0.25, -0.2) is 4.79 Å². The number of carbonyl (C=O) groups excluding carboxylic acids is 1. The van der Waals surface area contributed by atoms with Crippen LogP contribution in [0.3, 0.4) is 0 Å². The third-order valence-corrected chi connectivity index (χ3v) is 2.99. The molecule has 8 nitrogen and oxygen atoms in total. The molecule has 0 bridgehead atoms. The highest BCUT2D eigenvalue weighted by atomic mass is 32.2. The van der Waals surface area contributed by atoms with Crippen LogP contribution in [0, 0.1) is 0 Å². The Bertz CT molecular complexity index is 505. The third kappa shape index (κ3) is 11.1. The SMILES string of the molecule is CC(C)OC(=O)C(CCCOS(C)(=O)=O)OS(C)(=O)=O. The van der Waals surface area contributed by atoms with Crippen LogP contribution in [0.1, 0.15) is 26.7 Å². The molecular weight excluding hydrogens is 312 g/mol. The predicted octanol–water partition coefficient (Wildman–Crippen LogP) is 0.0392. The minimum atomic E-state index is -3.83. The van der Waals surface area contributed by atoms with Crippen LogP contribution in [0.2, 0.25) is 0 Å². The van der Waals surface area contributed by atoms with E-state index in [4.69, 9.17) is 4.74 Å². The average molecular weight is 332 g/mol. The fraction of sp³-hybridized carbons (Fsp3) is 0.900. The van der Waals surface area contributed by atoms with Crippen molar-refractivity contribution in [2.24, 2.45) is 0 Å². The van der Waals surface area contributed by atoms with Crippen LogP contribution in [0.25, 0.3) is 0 Å². The molecule has 0 aromatic rings. The predicted molar refractivity (Wildman–Crippen MR) is 71.0 cm³/mol. The van der Waals surface area contributed by atoms with Crippen LogP contribution in [-0.2, 0) is 38.1 Å². The van der Waals surface area contributed by atoms with Crippen LogP contribution in [0.5, 0.6) is 0 Å². The van der Waals surface area contributed by atoms with Crippen LogP contribution < -0.4 is 0 Å². The lowest BCUT2D eigenvalue weighted by molar-refractivity contribution is -0.156. The van der Waals surface area contributed by atoms with Gasteiger partial charge in [-0.15, -0.1) is 0 Å². The van der Waals surface area contributed by atoms with E-state index in [1.54, 1.807) is 13.8 Å². The molecule has 0 aliphatic rings. The first kappa shape index (κ1) is 19.3. The first-order valence-electron chi connectivity index (χ1n) is 5.84. The molecule has 0 saturated carbocycles. The van der Waals surface area contributed by atoms with Crippen molar-refractivity contribution in [1.82, 2.24) is 0 Å². The molecule has 10 heteroatoms. The molecular formula is C10H20O8S2. The van der Waals surface area contributed by atoms with E-state index >= 15 is 0 Å². The van der Waals surface area contributed by atoms with Crippen molar-refractivity contribution in [1.29, 1.82) is 0 Å². The summed E-state index contributed by atoms with van der Waals surface area (Å²) in [6.07, 6.45) is 0.0744. The van der Waals surface area contributed by atoms with Gasteiger partial charge in [0.1, 0.15) is 0 Å². The van der Waals surface area contributed by atoms with E-state index < -0.39 is 38.4 Å². The summed E-state index contributed by atoms with van der Waals surface area (Å²) < 4.78 is 57.6. The number of esters is 1. The van der Waals surface area contributed by atoms with Crippen molar-refractivity contribution < 1.29 is 34.7 Å². The van der Waals surface area contributed by atoms with E-state index in [1.807, 2.05) is 0 Å². The van der Waals surface area contributed by atoms with Crippen molar-refractivity contribution in [3.8, 4) is 0 Å². The first-order valence-corrected chi connectivity index (χ1v) is 9.47. The molecule has 0 amide bonds. The number of rotatable bonds is 9. The summed E-state index contributed by atoms with van der Waals surface area (Å²) >= 11 is 0. The second-order valence-corrected chi connectivity index (χ2v) is 7.69. The van der Waals surface area contributed by atoms with E-state index in [0.29, 0.717) is 0 Å². The Morgan fingerprint density at radius 3 is 2.00 bits per heavy atom. The maximum atomic E-state index is 11.7. The minimum absolute atomic E-state index is 0.0336. The van der Waals surface area contributed by atoms with Gasteiger partial charge in [0, 0.05) is 0 Å². The number of carbonyl (C=O) groups is 1. The second kappa shape index (κ2) is 7.91. The molecule has 0 radical (unpaired) electrons. The molecule has 0 aliphatic heterocycles. The highest BCUT2D eigenvalue weighted by molar-refractivity contribution is 7.86. The van der Waals surface area contributed by atoms with Crippen molar-refractivity contribution in [3.63, 3.8) is 0 Å². The zero-order chi connectivity index (χ0) is 16.0. The molecule has 0 aromatic heterocycles. The molecule has 0 rings (SSSR count). The van der Waals surface area contributed by atoms with E-state index in [2.05, 4.69) is 8.37 Å². The summed E-state index contributed by atoms with van der Waals surface area (Å²) in [7, 11) is -7.40. The Morgan fingerprint density at radius 1 is 1.05 bits per heavy atom. The van der Waals surface area contributed by atoms with Crippen LogP contribution >= 0.6 is 0 Å². The van der Waals surface area contributed by atoms with Gasteiger partial charge in [-0.2, -0.15) is 16.8 Å². The highest BCUT2D eigenvalue weighted by Gasteiger charge is 2.26. The Balaban J connectivity index is 4.50. The summed E-state index contributed by atoms with van der Waals surface area (Å²) in [6.45, 7) is 3.06.